The molecule has 0 aromatic heterocycles. The molecule has 0 fully saturated rings. The first-order valence-corrected chi connectivity index (χ1v) is 6.56. The maximum atomic E-state index is 11.5. The van der Waals surface area contributed by atoms with Crippen molar-refractivity contribution in [2.75, 3.05) is 0 Å². The molecule has 0 saturated heterocycles. The van der Waals surface area contributed by atoms with Crippen LogP contribution in [0.15, 0.2) is 60.7 Å². The van der Waals surface area contributed by atoms with Crippen LogP contribution < -0.4 is 0 Å². The van der Waals surface area contributed by atoms with Gasteiger partial charge in [0.25, 0.3) is 0 Å². The van der Waals surface area contributed by atoms with Crippen molar-refractivity contribution in [2.45, 2.75) is 0 Å². The van der Waals surface area contributed by atoms with Gasteiger partial charge in [0, 0.05) is 16.0 Å². The van der Waals surface area contributed by atoms with Crippen LogP contribution in [0.3, 0.4) is 0 Å². The first-order chi connectivity index (χ1) is 9.68. The number of fused-ring (bicyclic) bond motifs is 1. The van der Waals surface area contributed by atoms with Crippen molar-refractivity contribution in [3.05, 3.63) is 71.2 Å². The molecule has 0 amide bonds. The summed E-state index contributed by atoms with van der Waals surface area (Å²) in [5, 5.41) is 11.6. The minimum atomic E-state index is -0.935. The van der Waals surface area contributed by atoms with Crippen molar-refractivity contribution in [3.8, 4) is 11.1 Å². The molecule has 0 aliphatic carbocycles. The molecule has 98 valence electrons. The third-order valence-corrected chi connectivity index (χ3v) is 3.63. The Morgan fingerprint density at radius 3 is 2.20 bits per heavy atom. The van der Waals surface area contributed by atoms with E-state index in [2.05, 4.69) is 0 Å². The molecular weight excluding hydrogens is 272 g/mol. The molecule has 0 aliphatic heterocycles. The Hall–Kier alpha value is -2.32. The molecule has 3 heteroatoms. The summed E-state index contributed by atoms with van der Waals surface area (Å²) in [6, 6.07) is 18.4. The van der Waals surface area contributed by atoms with Crippen molar-refractivity contribution in [1.82, 2.24) is 0 Å². The predicted molar refractivity (Wildman–Crippen MR) is 81.4 cm³/mol. The summed E-state index contributed by atoms with van der Waals surface area (Å²) in [5.74, 6) is -0.935. The Labute approximate surface area is 121 Å². The molecule has 0 unspecified atom stereocenters. The summed E-state index contributed by atoms with van der Waals surface area (Å²) >= 11 is 6.24. The van der Waals surface area contributed by atoms with Gasteiger partial charge in [-0.1, -0.05) is 60.1 Å². The number of rotatable bonds is 2. The van der Waals surface area contributed by atoms with E-state index in [-0.39, 0.29) is 5.56 Å². The lowest BCUT2D eigenvalue weighted by molar-refractivity contribution is 0.0699. The molecule has 3 rings (SSSR count). The Kier molecular flexibility index (Phi) is 3.17. The third kappa shape index (κ3) is 2.04. The number of benzene rings is 3. The second-order valence-electron chi connectivity index (χ2n) is 4.49. The monoisotopic (exact) mass is 282 g/mol. The van der Waals surface area contributed by atoms with E-state index in [9.17, 15) is 9.90 Å². The van der Waals surface area contributed by atoms with Gasteiger partial charge in [0.05, 0.1) is 5.56 Å². The van der Waals surface area contributed by atoms with Gasteiger partial charge in [-0.05, 0) is 23.1 Å². The third-order valence-electron chi connectivity index (χ3n) is 3.30. The molecule has 20 heavy (non-hydrogen) atoms. The van der Waals surface area contributed by atoms with E-state index in [0.29, 0.717) is 5.02 Å². The lowest BCUT2D eigenvalue weighted by atomic mass is 9.94. The fourth-order valence-electron chi connectivity index (χ4n) is 2.42. The molecule has 0 radical (unpaired) electrons. The van der Waals surface area contributed by atoms with Crippen LogP contribution in [-0.4, -0.2) is 11.1 Å². The van der Waals surface area contributed by atoms with Crippen LogP contribution in [0, 0.1) is 0 Å². The summed E-state index contributed by atoms with van der Waals surface area (Å²) in [6.07, 6.45) is 0. The van der Waals surface area contributed by atoms with E-state index in [0.717, 1.165) is 21.9 Å². The Morgan fingerprint density at radius 2 is 1.50 bits per heavy atom. The van der Waals surface area contributed by atoms with Crippen molar-refractivity contribution < 1.29 is 9.90 Å². The zero-order valence-electron chi connectivity index (χ0n) is 10.5. The standard InChI is InChI=1S/C17H11ClO2/c18-15-10-2-1-7-12(15)13-8-3-5-11-6-4-9-14(16(11)13)17(19)20/h1-10H,(H,19,20). The number of hydrogen-bond acceptors (Lipinski definition) is 1. The molecule has 1 N–H and O–H groups in total. The highest BCUT2D eigenvalue weighted by Gasteiger charge is 2.14. The van der Waals surface area contributed by atoms with Gasteiger partial charge >= 0.3 is 5.97 Å². The second kappa shape index (κ2) is 4.99. The second-order valence-corrected chi connectivity index (χ2v) is 4.90. The number of carboxylic acid groups (broad SMARTS) is 1. The van der Waals surface area contributed by atoms with Crippen LogP contribution in [0.4, 0.5) is 0 Å². The molecule has 0 bridgehead atoms. The van der Waals surface area contributed by atoms with Crippen molar-refractivity contribution >= 4 is 28.3 Å². The molecule has 0 spiro atoms. The Balaban J connectivity index is 2.43. The maximum Gasteiger partial charge on any atom is 0.336 e. The molecular formula is C17H11ClO2. The van der Waals surface area contributed by atoms with Crippen molar-refractivity contribution in [2.24, 2.45) is 0 Å². The highest BCUT2D eigenvalue weighted by atomic mass is 35.5. The van der Waals surface area contributed by atoms with Crippen molar-refractivity contribution in [1.29, 1.82) is 0 Å². The zero-order chi connectivity index (χ0) is 14.1. The van der Waals surface area contributed by atoms with Crippen LogP contribution >= 0.6 is 11.6 Å². The van der Waals surface area contributed by atoms with Gasteiger partial charge in [-0.2, -0.15) is 0 Å². The van der Waals surface area contributed by atoms with Gasteiger partial charge in [0.2, 0.25) is 0 Å². The number of carbonyl (C=O) groups is 1. The highest BCUT2D eigenvalue weighted by molar-refractivity contribution is 6.34. The predicted octanol–water partition coefficient (Wildman–Crippen LogP) is 4.86. The fourth-order valence-corrected chi connectivity index (χ4v) is 2.66. The number of hydrogen-bond donors (Lipinski definition) is 1. The lowest BCUT2D eigenvalue weighted by Gasteiger charge is -2.11. The molecule has 3 aromatic rings. The minimum absolute atomic E-state index is 0.290. The van der Waals surface area contributed by atoms with Gasteiger partial charge in [-0.25, -0.2) is 4.79 Å². The Bertz CT molecular complexity index is 804. The van der Waals surface area contributed by atoms with E-state index < -0.39 is 5.97 Å². The minimum Gasteiger partial charge on any atom is -0.478 e. The largest absolute Gasteiger partial charge is 0.478 e. The van der Waals surface area contributed by atoms with E-state index in [4.69, 9.17) is 11.6 Å². The molecule has 0 saturated carbocycles. The van der Waals surface area contributed by atoms with E-state index >= 15 is 0 Å². The molecule has 0 aliphatic rings. The van der Waals surface area contributed by atoms with Crippen LogP contribution in [0.1, 0.15) is 10.4 Å². The van der Waals surface area contributed by atoms with Gasteiger partial charge < -0.3 is 5.11 Å². The van der Waals surface area contributed by atoms with E-state index in [1.165, 1.54) is 0 Å². The van der Waals surface area contributed by atoms with Crippen LogP contribution in [-0.2, 0) is 0 Å². The van der Waals surface area contributed by atoms with Crippen LogP contribution in [0.5, 0.6) is 0 Å². The average Bonchev–Trinajstić information content (AvgIpc) is 2.46. The fraction of sp³-hybridized carbons (Fsp3) is 0. The lowest BCUT2D eigenvalue weighted by Crippen LogP contribution is -1.98. The quantitative estimate of drug-likeness (QED) is 0.729. The molecule has 0 heterocycles. The first kappa shape index (κ1) is 12.7. The van der Waals surface area contributed by atoms with Gasteiger partial charge in [0.15, 0.2) is 0 Å². The summed E-state index contributed by atoms with van der Waals surface area (Å²) < 4.78 is 0. The maximum absolute atomic E-state index is 11.5. The van der Waals surface area contributed by atoms with Crippen molar-refractivity contribution in [3.63, 3.8) is 0 Å². The van der Waals surface area contributed by atoms with Gasteiger partial charge in [-0.15, -0.1) is 0 Å². The zero-order valence-corrected chi connectivity index (χ0v) is 11.3. The number of carboxylic acids is 1. The summed E-state index contributed by atoms with van der Waals surface area (Å²) in [6.45, 7) is 0. The average molecular weight is 283 g/mol. The summed E-state index contributed by atoms with van der Waals surface area (Å²) in [5.41, 5.74) is 1.97. The van der Waals surface area contributed by atoms with Gasteiger partial charge in [-0.3, -0.25) is 0 Å². The van der Waals surface area contributed by atoms with Crippen LogP contribution in [0.25, 0.3) is 21.9 Å². The smallest absolute Gasteiger partial charge is 0.336 e. The van der Waals surface area contributed by atoms with E-state index in [1.54, 1.807) is 18.2 Å². The summed E-state index contributed by atoms with van der Waals surface area (Å²) in [7, 11) is 0. The van der Waals surface area contributed by atoms with E-state index in [1.807, 2.05) is 42.5 Å². The Morgan fingerprint density at radius 1 is 0.850 bits per heavy atom. The normalized spacial score (nSPS) is 10.7. The molecule has 0 atom stereocenters. The molecule has 2 nitrogen and oxygen atoms in total. The topological polar surface area (TPSA) is 37.3 Å². The molecule has 3 aromatic carbocycles. The number of aromatic carboxylic acids is 1. The van der Waals surface area contributed by atoms with Crippen LogP contribution in [0.2, 0.25) is 5.02 Å². The highest BCUT2D eigenvalue weighted by Crippen LogP contribution is 2.35. The first-order valence-electron chi connectivity index (χ1n) is 6.18. The number of halogens is 1. The van der Waals surface area contributed by atoms with Gasteiger partial charge in [0.1, 0.15) is 0 Å². The SMILES string of the molecule is O=C(O)c1cccc2cccc(-c3ccccc3Cl)c12. The summed E-state index contributed by atoms with van der Waals surface area (Å²) in [4.78, 5) is 11.5.